The molecule has 9 nitrogen and oxygen atoms in total. The van der Waals surface area contributed by atoms with Crippen LogP contribution >= 0.6 is 11.6 Å². The third-order valence-corrected chi connectivity index (χ3v) is 5.01. The van der Waals surface area contributed by atoms with Crippen LogP contribution in [0, 0.1) is 17.0 Å². The summed E-state index contributed by atoms with van der Waals surface area (Å²) in [7, 11) is 0. The molecular formula is C19H17ClN4O5. The highest BCUT2D eigenvalue weighted by atomic mass is 35.5. The number of imide groups is 1. The second-order valence-electron chi connectivity index (χ2n) is 6.73. The van der Waals surface area contributed by atoms with Gasteiger partial charge in [-0.1, -0.05) is 35.9 Å². The lowest BCUT2D eigenvalue weighted by Crippen LogP contribution is -2.42. The van der Waals surface area contributed by atoms with E-state index < -0.39 is 34.9 Å². The zero-order chi connectivity index (χ0) is 21.3. The Kier molecular flexibility index (Phi) is 5.25. The minimum atomic E-state index is -1.29. The number of benzene rings is 2. The van der Waals surface area contributed by atoms with Crippen molar-refractivity contribution in [1.82, 2.24) is 10.2 Å². The fraction of sp³-hybridized carbons (Fsp3) is 0.211. The smallest absolute Gasteiger partial charge is 0.324 e. The summed E-state index contributed by atoms with van der Waals surface area (Å²) in [6.45, 7) is 2.86. The minimum Gasteiger partial charge on any atom is -0.324 e. The molecule has 1 unspecified atom stereocenters. The van der Waals surface area contributed by atoms with Crippen molar-refractivity contribution < 1.29 is 19.3 Å². The molecule has 2 N–H and O–H groups in total. The topological polar surface area (TPSA) is 122 Å². The Balaban J connectivity index is 1.77. The molecule has 3 rings (SSSR count). The molecule has 0 aromatic heterocycles. The molecule has 10 heteroatoms. The average molecular weight is 417 g/mol. The summed E-state index contributed by atoms with van der Waals surface area (Å²) in [6, 6.07) is 10.2. The summed E-state index contributed by atoms with van der Waals surface area (Å²) >= 11 is 5.75. The number of carbonyl (C=O) groups excluding carboxylic acids is 3. The number of carbonyl (C=O) groups is 3. The third kappa shape index (κ3) is 3.77. The number of anilines is 1. The van der Waals surface area contributed by atoms with E-state index in [1.807, 2.05) is 19.1 Å². The normalized spacial score (nSPS) is 18.5. The number of nitrogens with one attached hydrogen (secondary N) is 2. The van der Waals surface area contributed by atoms with Crippen LogP contribution < -0.4 is 10.6 Å². The number of aryl methyl sites for hydroxylation is 1. The van der Waals surface area contributed by atoms with E-state index in [0.717, 1.165) is 16.5 Å². The van der Waals surface area contributed by atoms with Gasteiger partial charge in [-0.3, -0.25) is 24.6 Å². The molecule has 0 saturated carbocycles. The lowest BCUT2D eigenvalue weighted by atomic mass is 9.88. The van der Waals surface area contributed by atoms with Gasteiger partial charge in [0.25, 0.3) is 11.6 Å². The van der Waals surface area contributed by atoms with E-state index in [4.69, 9.17) is 11.6 Å². The van der Waals surface area contributed by atoms with E-state index in [1.54, 1.807) is 19.1 Å². The Labute approximate surface area is 170 Å². The van der Waals surface area contributed by atoms with E-state index in [-0.39, 0.29) is 16.4 Å². The Morgan fingerprint density at radius 3 is 2.62 bits per heavy atom. The summed E-state index contributed by atoms with van der Waals surface area (Å²) in [6.07, 6.45) is 0. The molecule has 2 aromatic carbocycles. The largest absolute Gasteiger partial charge is 0.325 e. The molecule has 4 amide bonds. The Morgan fingerprint density at radius 2 is 1.97 bits per heavy atom. The van der Waals surface area contributed by atoms with Gasteiger partial charge in [0, 0.05) is 11.8 Å². The molecule has 1 fully saturated rings. The Morgan fingerprint density at radius 1 is 1.28 bits per heavy atom. The molecule has 0 radical (unpaired) electrons. The van der Waals surface area contributed by atoms with Crippen molar-refractivity contribution in [1.29, 1.82) is 0 Å². The maximum atomic E-state index is 12.9. The van der Waals surface area contributed by atoms with Crippen molar-refractivity contribution in [2.45, 2.75) is 19.4 Å². The van der Waals surface area contributed by atoms with Gasteiger partial charge in [-0.25, -0.2) is 4.79 Å². The molecular weight excluding hydrogens is 400 g/mol. The van der Waals surface area contributed by atoms with Crippen LogP contribution in [0.25, 0.3) is 0 Å². The summed E-state index contributed by atoms with van der Waals surface area (Å²) in [5.41, 5.74) is -0.0775. The maximum Gasteiger partial charge on any atom is 0.325 e. The van der Waals surface area contributed by atoms with E-state index >= 15 is 0 Å². The molecule has 0 spiro atoms. The standard InChI is InChI=1S/C19H17ClN4O5/c1-11-5-3-4-6-13(11)19(2)17(26)23(18(27)22-19)10-16(25)21-12-7-8-14(20)15(9-12)24(28)29/h3-9H,10H2,1-2H3,(H,21,25)(H,22,27). The van der Waals surface area contributed by atoms with Gasteiger partial charge in [0.05, 0.1) is 4.92 Å². The van der Waals surface area contributed by atoms with Gasteiger partial charge in [0.15, 0.2) is 0 Å². The molecule has 1 aliphatic heterocycles. The molecule has 1 heterocycles. The van der Waals surface area contributed by atoms with Gasteiger partial charge in [-0.05, 0) is 37.1 Å². The second-order valence-corrected chi connectivity index (χ2v) is 7.14. The van der Waals surface area contributed by atoms with Crippen molar-refractivity contribution in [3.63, 3.8) is 0 Å². The summed E-state index contributed by atoms with van der Waals surface area (Å²) < 4.78 is 0. The van der Waals surface area contributed by atoms with Crippen LogP contribution in [0.2, 0.25) is 5.02 Å². The van der Waals surface area contributed by atoms with Gasteiger partial charge in [-0.15, -0.1) is 0 Å². The maximum absolute atomic E-state index is 12.9. The number of nitro groups is 1. The van der Waals surface area contributed by atoms with Crippen molar-refractivity contribution in [2.24, 2.45) is 0 Å². The molecule has 29 heavy (non-hydrogen) atoms. The van der Waals surface area contributed by atoms with Crippen molar-refractivity contribution >= 4 is 40.8 Å². The number of hydrogen-bond donors (Lipinski definition) is 2. The molecule has 1 aliphatic rings. The lowest BCUT2D eigenvalue weighted by molar-refractivity contribution is -0.384. The van der Waals surface area contributed by atoms with E-state index in [1.165, 1.54) is 12.1 Å². The number of halogens is 1. The molecule has 2 aromatic rings. The van der Waals surface area contributed by atoms with Gasteiger partial charge < -0.3 is 10.6 Å². The monoisotopic (exact) mass is 416 g/mol. The third-order valence-electron chi connectivity index (χ3n) is 4.69. The van der Waals surface area contributed by atoms with Crippen LogP contribution in [0.3, 0.4) is 0 Å². The van der Waals surface area contributed by atoms with Crippen LogP contribution in [0.15, 0.2) is 42.5 Å². The lowest BCUT2D eigenvalue weighted by Gasteiger charge is -2.24. The number of nitro benzene ring substituents is 1. The Bertz CT molecular complexity index is 1040. The molecule has 0 aliphatic carbocycles. The first-order chi connectivity index (χ1) is 13.6. The highest BCUT2D eigenvalue weighted by Crippen LogP contribution is 2.31. The molecule has 1 saturated heterocycles. The number of urea groups is 1. The zero-order valence-corrected chi connectivity index (χ0v) is 16.3. The zero-order valence-electron chi connectivity index (χ0n) is 15.6. The first kappa shape index (κ1) is 20.3. The number of hydrogen-bond acceptors (Lipinski definition) is 5. The quantitative estimate of drug-likeness (QED) is 0.441. The van der Waals surface area contributed by atoms with Gasteiger partial charge in [0.2, 0.25) is 5.91 Å². The Hall–Kier alpha value is -3.46. The van der Waals surface area contributed by atoms with Crippen LogP contribution in [0.5, 0.6) is 0 Å². The SMILES string of the molecule is Cc1ccccc1C1(C)NC(=O)N(CC(=O)Nc2ccc(Cl)c([N+](=O)[O-])c2)C1=O. The fourth-order valence-corrected chi connectivity index (χ4v) is 3.42. The van der Waals surface area contributed by atoms with E-state index in [9.17, 15) is 24.5 Å². The molecule has 0 bridgehead atoms. The number of nitrogens with zero attached hydrogens (tertiary/aromatic N) is 2. The van der Waals surface area contributed by atoms with Crippen molar-refractivity contribution in [3.8, 4) is 0 Å². The number of amides is 4. The highest BCUT2D eigenvalue weighted by Gasteiger charge is 2.50. The van der Waals surface area contributed by atoms with Crippen LogP contribution in [0.4, 0.5) is 16.2 Å². The predicted octanol–water partition coefficient (Wildman–Crippen LogP) is 2.96. The van der Waals surface area contributed by atoms with E-state index in [2.05, 4.69) is 10.6 Å². The van der Waals surface area contributed by atoms with Gasteiger partial charge in [-0.2, -0.15) is 0 Å². The fourth-order valence-electron chi connectivity index (χ4n) is 3.23. The predicted molar refractivity (Wildman–Crippen MR) is 106 cm³/mol. The molecule has 150 valence electrons. The summed E-state index contributed by atoms with van der Waals surface area (Å²) in [5, 5.41) is 16.0. The van der Waals surface area contributed by atoms with Gasteiger partial charge >= 0.3 is 6.03 Å². The summed E-state index contributed by atoms with van der Waals surface area (Å²) in [4.78, 5) is 48.7. The van der Waals surface area contributed by atoms with Crippen LogP contribution in [0.1, 0.15) is 18.1 Å². The molecule has 1 atom stereocenters. The van der Waals surface area contributed by atoms with E-state index in [0.29, 0.717) is 5.56 Å². The summed E-state index contributed by atoms with van der Waals surface area (Å²) in [5.74, 6) is -1.24. The highest BCUT2D eigenvalue weighted by molar-refractivity contribution is 6.32. The van der Waals surface area contributed by atoms with Crippen molar-refractivity contribution in [2.75, 3.05) is 11.9 Å². The first-order valence-corrected chi connectivity index (χ1v) is 8.95. The van der Waals surface area contributed by atoms with Crippen molar-refractivity contribution in [3.05, 3.63) is 68.7 Å². The van der Waals surface area contributed by atoms with Gasteiger partial charge in [0.1, 0.15) is 17.1 Å². The van der Waals surface area contributed by atoms with Crippen LogP contribution in [-0.4, -0.2) is 34.2 Å². The van der Waals surface area contributed by atoms with Crippen LogP contribution in [-0.2, 0) is 15.1 Å². The second kappa shape index (κ2) is 7.51. The average Bonchev–Trinajstić information content (AvgIpc) is 2.87. The number of rotatable bonds is 5. The minimum absolute atomic E-state index is 0.0731. The first-order valence-electron chi connectivity index (χ1n) is 8.57.